The van der Waals surface area contributed by atoms with E-state index in [0.29, 0.717) is 51.7 Å². The lowest BCUT2D eigenvalue weighted by atomic mass is 9.98. The number of carbonyl (C=O) groups excluding carboxylic acids is 3. The first-order chi connectivity index (χ1) is 17.2. The van der Waals surface area contributed by atoms with Crippen LogP contribution in [0.2, 0.25) is 0 Å². The molecule has 2 saturated heterocycles. The van der Waals surface area contributed by atoms with Gasteiger partial charge in [-0.25, -0.2) is 4.79 Å². The number of hydrogen-bond acceptors (Lipinski definition) is 7. The minimum absolute atomic E-state index is 0.0854. The third-order valence-electron chi connectivity index (χ3n) is 6.76. The monoisotopic (exact) mass is 510 g/mol. The molecule has 36 heavy (non-hydrogen) atoms. The summed E-state index contributed by atoms with van der Waals surface area (Å²) in [6.45, 7) is 1.60. The number of nitrogens with zero attached hydrogens (tertiary/aromatic N) is 3. The maximum Gasteiger partial charge on any atom is 0.326 e. The molecule has 0 aromatic carbocycles. The molecular formula is C23H42N8O5. The van der Waals surface area contributed by atoms with E-state index in [9.17, 15) is 24.3 Å². The van der Waals surface area contributed by atoms with Crippen molar-refractivity contribution in [3.8, 4) is 0 Å². The first-order valence-electron chi connectivity index (χ1n) is 12.8. The molecule has 2 aliphatic rings. The van der Waals surface area contributed by atoms with Crippen LogP contribution in [0.1, 0.15) is 64.2 Å². The van der Waals surface area contributed by atoms with Crippen LogP contribution in [0.15, 0.2) is 4.99 Å². The van der Waals surface area contributed by atoms with Gasteiger partial charge in [-0.3, -0.25) is 19.4 Å². The van der Waals surface area contributed by atoms with Gasteiger partial charge in [-0.15, -0.1) is 0 Å². The third kappa shape index (κ3) is 8.33. The van der Waals surface area contributed by atoms with Crippen molar-refractivity contribution in [2.75, 3.05) is 26.2 Å². The Morgan fingerprint density at radius 2 is 1.64 bits per heavy atom. The van der Waals surface area contributed by atoms with E-state index < -0.39 is 36.0 Å². The molecule has 4 atom stereocenters. The zero-order valence-electron chi connectivity index (χ0n) is 20.9. The molecule has 2 rings (SSSR count). The van der Waals surface area contributed by atoms with E-state index in [1.54, 1.807) is 4.90 Å². The topological polar surface area (TPSA) is 223 Å². The van der Waals surface area contributed by atoms with E-state index >= 15 is 0 Å². The predicted molar refractivity (Wildman–Crippen MR) is 134 cm³/mol. The lowest BCUT2D eigenvalue weighted by Crippen LogP contribution is -2.59. The van der Waals surface area contributed by atoms with E-state index in [2.05, 4.69) is 10.3 Å². The van der Waals surface area contributed by atoms with Crippen molar-refractivity contribution in [2.45, 2.75) is 88.4 Å². The SMILES string of the molecule is NCCCC[C@H](N)C(=O)N1CCCC[C@H]1C(=O)N1CCC[C@H]1C(=O)N[C@@H](CCCN=C(N)N)C(=O)O. The van der Waals surface area contributed by atoms with Gasteiger partial charge in [0.05, 0.1) is 6.04 Å². The summed E-state index contributed by atoms with van der Waals surface area (Å²) in [6, 6.07) is -3.27. The average Bonchev–Trinajstić information content (AvgIpc) is 3.35. The Balaban J connectivity index is 2.04. The van der Waals surface area contributed by atoms with Crippen LogP contribution in [0.25, 0.3) is 0 Å². The van der Waals surface area contributed by atoms with Crippen molar-refractivity contribution in [3.05, 3.63) is 0 Å². The van der Waals surface area contributed by atoms with Crippen LogP contribution in [0.4, 0.5) is 0 Å². The lowest BCUT2D eigenvalue weighted by Gasteiger charge is -2.39. The van der Waals surface area contributed by atoms with Crippen molar-refractivity contribution >= 4 is 29.7 Å². The number of carboxylic acids is 1. The Morgan fingerprint density at radius 3 is 2.31 bits per heavy atom. The van der Waals surface area contributed by atoms with Crippen molar-refractivity contribution in [1.82, 2.24) is 15.1 Å². The summed E-state index contributed by atoms with van der Waals surface area (Å²) in [7, 11) is 0. The maximum absolute atomic E-state index is 13.5. The van der Waals surface area contributed by atoms with Gasteiger partial charge in [0, 0.05) is 19.6 Å². The second-order valence-corrected chi connectivity index (χ2v) is 9.47. The number of piperidine rings is 1. The summed E-state index contributed by atoms with van der Waals surface area (Å²) in [5, 5.41) is 12.1. The highest BCUT2D eigenvalue weighted by atomic mass is 16.4. The molecule has 2 aliphatic heterocycles. The molecule has 3 amide bonds. The molecule has 2 fully saturated rings. The van der Waals surface area contributed by atoms with Crippen molar-refractivity contribution < 1.29 is 24.3 Å². The second kappa shape index (κ2) is 14.6. The van der Waals surface area contributed by atoms with Gasteiger partial charge in [0.1, 0.15) is 18.1 Å². The van der Waals surface area contributed by atoms with Gasteiger partial charge in [-0.1, -0.05) is 6.42 Å². The highest BCUT2D eigenvalue weighted by Gasteiger charge is 2.42. The molecule has 0 bridgehead atoms. The summed E-state index contributed by atoms with van der Waals surface area (Å²) in [6.07, 6.45) is 5.66. The zero-order chi connectivity index (χ0) is 26.7. The van der Waals surface area contributed by atoms with Crippen LogP contribution in [0.3, 0.4) is 0 Å². The molecule has 2 heterocycles. The van der Waals surface area contributed by atoms with E-state index in [1.165, 1.54) is 4.90 Å². The smallest absolute Gasteiger partial charge is 0.326 e. The quantitative estimate of drug-likeness (QED) is 0.0955. The summed E-state index contributed by atoms with van der Waals surface area (Å²) in [4.78, 5) is 58.2. The first-order valence-corrected chi connectivity index (χ1v) is 12.8. The van der Waals surface area contributed by atoms with Crippen LogP contribution < -0.4 is 28.3 Å². The minimum Gasteiger partial charge on any atom is -0.480 e. The number of nitrogens with one attached hydrogen (secondary N) is 1. The number of rotatable bonds is 13. The number of aliphatic carboxylic acids is 1. The van der Waals surface area contributed by atoms with Gasteiger partial charge in [-0.2, -0.15) is 0 Å². The van der Waals surface area contributed by atoms with Crippen molar-refractivity contribution in [3.63, 3.8) is 0 Å². The normalized spacial score (nSPS) is 21.5. The number of likely N-dealkylation sites (tertiary alicyclic amines) is 2. The number of guanidine groups is 1. The number of carboxylic acid groups (broad SMARTS) is 1. The van der Waals surface area contributed by atoms with Crippen molar-refractivity contribution in [1.29, 1.82) is 0 Å². The molecule has 0 unspecified atom stereocenters. The highest BCUT2D eigenvalue weighted by Crippen LogP contribution is 2.25. The molecule has 204 valence electrons. The summed E-state index contributed by atoms with van der Waals surface area (Å²) in [5.74, 6) is -2.30. The average molecular weight is 511 g/mol. The lowest BCUT2D eigenvalue weighted by molar-refractivity contribution is -0.151. The van der Waals surface area contributed by atoms with Gasteiger partial charge in [0.15, 0.2) is 5.96 Å². The van der Waals surface area contributed by atoms with Gasteiger partial charge >= 0.3 is 5.97 Å². The molecule has 0 spiro atoms. The summed E-state index contributed by atoms with van der Waals surface area (Å²) in [5.41, 5.74) is 22.2. The third-order valence-corrected chi connectivity index (χ3v) is 6.76. The van der Waals surface area contributed by atoms with Crippen LogP contribution in [-0.2, 0) is 19.2 Å². The number of aliphatic imine (C=N–C) groups is 1. The molecule has 0 aliphatic carbocycles. The minimum atomic E-state index is -1.17. The Kier molecular flexibility index (Phi) is 11.9. The molecule has 10 N–H and O–H groups in total. The summed E-state index contributed by atoms with van der Waals surface area (Å²) < 4.78 is 0. The Bertz CT molecular complexity index is 803. The van der Waals surface area contributed by atoms with Gasteiger partial charge in [-0.05, 0) is 64.3 Å². The number of hydrogen-bond donors (Lipinski definition) is 6. The highest BCUT2D eigenvalue weighted by molar-refractivity contribution is 5.94. The number of nitrogens with two attached hydrogens (primary N) is 4. The molecular weight excluding hydrogens is 468 g/mol. The molecule has 0 radical (unpaired) electrons. The predicted octanol–water partition coefficient (Wildman–Crippen LogP) is -1.56. The largest absolute Gasteiger partial charge is 0.480 e. The Labute approximate surface area is 212 Å². The van der Waals surface area contributed by atoms with Crippen LogP contribution in [0.5, 0.6) is 0 Å². The van der Waals surface area contributed by atoms with Crippen LogP contribution in [-0.4, -0.2) is 94.9 Å². The number of carbonyl (C=O) groups is 4. The maximum atomic E-state index is 13.5. The van der Waals surface area contributed by atoms with Crippen LogP contribution >= 0.6 is 0 Å². The second-order valence-electron chi connectivity index (χ2n) is 9.47. The molecule has 13 nitrogen and oxygen atoms in total. The zero-order valence-corrected chi connectivity index (χ0v) is 20.9. The number of unbranched alkanes of at least 4 members (excludes halogenated alkanes) is 1. The van der Waals surface area contributed by atoms with Gasteiger partial charge in [0.2, 0.25) is 17.7 Å². The fourth-order valence-corrected chi connectivity index (χ4v) is 4.82. The molecule has 0 aromatic heterocycles. The Hall–Kier alpha value is -2.93. The van der Waals surface area contributed by atoms with E-state index in [1.807, 2.05) is 0 Å². The van der Waals surface area contributed by atoms with Crippen LogP contribution in [0, 0.1) is 0 Å². The number of amides is 3. The standard InChI is InChI=1S/C23H42N8O5/c24-11-3-1-7-15(25)20(33)31-13-4-2-9-18(31)21(34)30-14-6-10-17(30)19(32)29-16(22(35)36)8-5-12-28-23(26)27/h15-18H,1-14,24-25H2,(H,29,32)(H,35,36)(H4,26,27,28)/t15-,16-,17-,18-/m0/s1. The fourth-order valence-electron chi connectivity index (χ4n) is 4.82. The first kappa shape index (κ1) is 29.3. The van der Waals surface area contributed by atoms with E-state index in [4.69, 9.17) is 22.9 Å². The fraction of sp³-hybridized carbons (Fsp3) is 0.783. The molecule has 0 aromatic rings. The Morgan fingerprint density at radius 1 is 0.944 bits per heavy atom. The van der Waals surface area contributed by atoms with Gasteiger partial charge in [0.25, 0.3) is 0 Å². The molecule has 13 heteroatoms. The molecule has 0 saturated carbocycles. The van der Waals surface area contributed by atoms with Gasteiger partial charge < -0.3 is 43.2 Å². The summed E-state index contributed by atoms with van der Waals surface area (Å²) >= 11 is 0. The van der Waals surface area contributed by atoms with Crippen molar-refractivity contribution in [2.24, 2.45) is 27.9 Å². The van der Waals surface area contributed by atoms with E-state index in [-0.39, 0.29) is 30.7 Å². The van der Waals surface area contributed by atoms with E-state index in [0.717, 1.165) is 25.7 Å².